The minimum absolute atomic E-state index is 0.206. The molecule has 0 saturated carbocycles. The largest absolute Gasteiger partial charge is 0.368 e. The maximum Gasteiger partial charge on any atom is 0.285 e. The Morgan fingerprint density at radius 1 is 1.69 bits per heavy atom. The average molecular weight is 243 g/mol. The van der Waals surface area contributed by atoms with Gasteiger partial charge in [0.1, 0.15) is 5.02 Å². The van der Waals surface area contributed by atoms with E-state index < -0.39 is 0 Å². The number of hydrogen-bond acceptors (Lipinski definition) is 4. The Morgan fingerprint density at radius 3 is 3.12 bits per heavy atom. The van der Waals surface area contributed by atoms with E-state index in [9.17, 15) is 4.79 Å². The second-order valence-corrected chi connectivity index (χ2v) is 4.65. The SMILES string of the molecule is CC1CN(c2cn[nH]c(=O)c2Cl)CCC1N. The molecule has 2 atom stereocenters. The van der Waals surface area contributed by atoms with Crippen LogP contribution in [0.4, 0.5) is 5.69 Å². The van der Waals surface area contributed by atoms with Crippen LogP contribution in [0.15, 0.2) is 11.0 Å². The molecular weight excluding hydrogens is 228 g/mol. The summed E-state index contributed by atoms with van der Waals surface area (Å²) < 4.78 is 0. The Kier molecular flexibility index (Phi) is 3.16. The third-order valence-corrected chi connectivity index (χ3v) is 3.45. The summed E-state index contributed by atoms with van der Waals surface area (Å²) in [7, 11) is 0. The average Bonchev–Trinajstić information content (AvgIpc) is 2.26. The lowest BCUT2D eigenvalue weighted by Crippen LogP contribution is -2.46. The third kappa shape index (κ3) is 2.05. The van der Waals surface area contributed by atoms with Crippen molar-refractivity contribution in [1.82, 2.24) is 10.2 Å². The summed E-state index contributed by atoms with van der Waals surface area (Å²) >= 11 is 5.95. The molecule has 0 radical (unpaired) electrons. The maximum absolute atomic E-state index is 11.3. The van der Waals surface area contributed by atoms with Gasteiger partial charge in [-0.3, -0.25) is 4.79 Å². The molecular formula is C10H15ClN4O. The van der Waals surface area contributed by atoms with Crippen molar-refractivity contribution in [3.63, 3.8) is 0 Å². The van der Waals surface area contributed by atoms with Crippen LogP contribution in [0.1, 0.15) is 13.3 Å². The molecule has 2 heterocycles. The number of anilines is 1. The zero-order valence-electron chi connectivity index (χ0n) is 9.11. The summed E-state index contributed by atoms with van der Waals surface area (Å²) in [6.07, 6.45) is 2.50. The molecule has 0 spiro atoms. The monoisotopic (exact) mass is 242 g/mol. The van der Waals surface area contributed by atoms with Gasteiger partial charge in [0.05, 0.1) is 11.9 Å². The molecule has 2 unspecified atom stereocenters. The van der Waals surface area contributed by atoms with Crippen LogP contribution in [0.25, 0.3) is 0 Å². The summed E-state index contributed by atoms with van der Waals surface area (Å²) in [5.41, 5.74) is 6.30. The summed E-state index contributed by atoms with van der Waals surface area (Å²) in [5.74, 6) is 0.393. The molecule has 0 amide bonds. The number of nitrogens with zero attached hydrogens (tertiary/aromatic N) is 2. The van der Waals surface area contributed by atoms with Crippen molar-refractivity contribution in [1.29, 1.82) is 0 Å². The van der Waals surface area contributed by atoms with E-state index in [1.165, 1.54) is 0 Å². The van der Waals surface area contributed by atoms with Gasteiger partial charge < -0.3 is 10.6 Å². The van der Waals surface area contributed by atoms with Crippen LogP contribution in [0.3, 0.4) is 0 Å². The number of piperidine rings is 1. The quantitative estimate of drug-likeness (QED) is 0.756. The molecule has 3 N–H and O–H groups in total. The van der Waals surface area contributed by atoms with Crippen molar-refractivity contribution in [3.8, 4) is 0 Å². The Labute approximate surface area is 98.6 Å². The van der Waals surface area contributed by atoms with E-state index in [0.29, 0.717) is 11.6 Å². The smallest absolute Gasteiger partial charge is 0.285 e. The molecule has 0 aromatic carbocycles. The first-order chi connectivity index (χ1) is 7.59. The second-order valence-electron chi connectivity index (χ2n) is 4.27. The Balaban J connectivity index is 2.25. The topological polar surface area (TPSA) is 75.0 Å². The van der Waals surface area contributed by atoms with E-state index in [1.54, 1.807) is 6.20 Å². The van der Waals surface area contributed by atoms with E-state index in [1.807, 2.05) is 0 Å². The van der Waals surface area contributed by atoms with E-state index in [4.69, 9.17) is 17.3 Å². The second kappa shape index (κ2) is 4.43. The first kappa shape index (κ1) is 11.4. The molecule has 88 valence electrons. The van der Waals surface area contributed by atoms with Gasteiger partial charge in [0.15, 0.2) is 0 Å². The van der Waals surface area contributed by atoms with Crippen molar-refractivity contribution < 1.29 is 0 Å². The minimum atomic E-state index is -0.346. The van der Waals surface area contributed by atoms with Crippen LogP contribution in [0.5, 0.6) is 0 Å². The van der Waals surface area contributed by atoms with Gasteiger partial charge in [0, 0.05) is 19.1 Å². The van der Waals surface area contributed by atoms with E-state index in [0.717, 1.165) is 19.5 Å². The zero-order chi connectivity index (χ0) is 11.7. The van der Waals surface area contributed by atoms with E-state index in [2.05, 4.69) is 22.0 Å². The van der Waals surface area contributed by atoms with E-state index >= 15 is 0 Å². The molecule has 1 aliphatic rings. The van der Waals surface area contributed by atoms with Crippen LogP contribution < -0.4 is 16.2 Å². The molecule has 1 aliphatic heterocycles. The number of rotatable bonds is 1. The zero-order valence-corrected chi connectivity index (χ0v) is 9.87. The lowest BCUT2D eigenvalue weighted by atomic mass is 9.94. The number of nitrogens with one attached hydrogen (secondary N) is 1. The van der Waals surface area contributed by atoms with Gasteiger partial charge in [0.25, 0.3) is 5.56 Å². The summed E-state index contributed by atoms with van der Waals surface area (Å²) in [6, 6.07) is 0.227. The molecule has 5 nitrogen and oxygen atoms in total. The van der Waals surface area contributed by atoms with Gasteiger partial charge >= 0.3 is 0 Å². The van der Waals surface area contributed by atoms with Crippen molar-refractivity contribution in [2.24, 2.45) is 11.7 Å². The molecule has 1 fully saturated rings. The van der Waals surface area contributed by atoms with Gasteiger partial charge in [-0.25, -0.2) is 5.10 Å². The first-order valence-corrected chi connectivity index (χ1v) is 5.71. The van der Waals surface area contributed by atoms with Gasteiger partial charge in [-0.1, -0.05) is 18.5 Å². The highest BCUT2D eigenvalue weighted by Gasteiger charge is 2.25. The lowest BCUT2D eigenvalue weighted by Gasteiger charge is -2.36. The maximum atomic E-state index is 11.3. The fraction of sp³-hybridized carbons (Fsp3) is 0.600. The summed E-state index contributed by atoms with van der Waals surface area (Å²) in [5, 5.41) is 6.29. The fourth-order valence-electron chi connectivity index (χ4n) is 1.98. The number of H-pyrrole nitrogens is 1. The van der Waals surface area contributed by atoms with Gasteiger partial charge in [-0.05, 0) is 12.3 Å². The number of halogens is 1. The fourth-order valence-corrected chi connectivity index (χ4v) is 2.19. The highest BCUT2D eigenvalue weighted by Crippen LogP contribution is 2.25. The standard InChI is InChI=1S/C10H15ClN4O/c1-6-5-15(3-2-7(6)12)8-4-13-14-10(16)9(8)11/h4,6-7H,2-3,5,12H2,1H3,(H,14,16). The minimum Gasteiger partial charge on any atom is -0.368 e. The predicted octanol–water partition coefficient (Wildman–Crippen LogP) is 0.597. The predicted molar refractivity (Wildman–Crippen MR) is 63.8 cm³/mol. The van der Waals surface area contributed by atoms with Crippen LogP contribution in [-0.2, 0) is 0 Å². The van der Waals surface area contributed by atoms with Crippen LogP contribution in [-0.4, -0.2) is 29.3 Å². The Bertz CT molecular complexity index is 433. The molecule has 2 rings (SSSR count). The van der Waals surface area contributed by atoms with Gasteiger partial charge in [0.2, 0.25) is 0 Å². The highest BCUT2D eigenvalue weighted by molar-refractivity contribution is 6.32. The molecule has 1 aromatic heterocycles. The van der Waals surface area contributed by atoms with Crippen LogP contribution >= 0.6 is 11.6 Å². The molecule has 16 heavy (non-hydrogen) atoms. The first-order valence-electron chi connectivity index (χ1n) is 5.33. The van der Waals surface area contributed by atoms with Crippen molar-refractivity contribution in [2.45, 2.75) is 19.4 Å². The number of aromatic amines is 1. The summed E-state index contributed by atoms with van der Waals surface area (Å²) in [4.78, 5) is 13.4. The third-order valence-electron chi connectivity index (χ3n) is 3.09. The Morgan fingerprint density at radius 2 is 2.44 bits per heavy atom. The van der Waals surface area contributed by atoms with Crippen LogP contribution in [0.2, 0.25) is 5.02 Å². The molecule has 0 bridgehead atoms. The summed E-state index contributed by atoms with van der Waals surface area (Å²) in [6.45, 7) is 3.73. The van der Waals surface area contributed by atoms with Crippen molar-refractivity contribution in [3.05, 3.63) is 21.6 Å². The van der Waals surface area contributed by atoms with Crippen LogP contribution in [0, 0.1) is 5.92 Å². The van der Waals surface area contributed by atoms with Gasteiger partial charge in [-0.15, -0.1) is 0 Å². The van der Waals surface area contributed by atoms with Gasteiger partial charge in [-0.2, -0.15) is 5.10 Å². The highest BCUT2D eigenvalue weighted by atomic mass is 35.5. The lowest BCUT2D eigenvalue weighted by molar-refractivity contribution is 0.382. The number of nitrogens with two attached hydrogens (primary N) is 1. The normalized spacial score (nSPS) is 25.8. The van der Waals surface area contributed by atoms with Crippen molar-refractivity contribution >= 4 is 17.3 Å². The number of aromatic nitrogens is 2. The molecule has 0 aliphatic carbocycles. The number of hydrogen-bond donors (Lipinski definition) is 2. The van der Waals surface area contributed by atoms with Crippen molar-refractivity contribution in [2.75, 3.05) is 18.0 Å². The molecule has 6 heteroatoms. The molecule has 1 saturated heterocycles. The Hall–Kier alpha value is -1.07. The van der Waals surface area contributed by atoms with E-state index in [-0.39, 0.29) is 16.6 Å². The molecule has 1 aromatic rings.